The van der Waals surface area contributed by atoms with Crippen molar-refractivity contribution in [1.29, 1.82) is 5.26 Å². The second-order valence-electron chi connectivity index (χ2n) is 3.25. The van der Waals surface area contributed by atoms with Crippen molar-refractivity contribution < 1.29 is 4.74 Å². The lowest BCUT2D eigenvalue weighted by molar-refractivity contribution is 0.304. The molecule has 0 atom stereocenters. The fourth-order valence-corrected chi connectivity index (χ4v) is 1.35. The summed E-state index contributed by atoms with van der Waals surface area (Å²) in [4.78, 5) is 3.95. The van der Waals surface area contributed by atoms with E-state index in [1.165, 1.54) is 0 Å². The Labute approximate surface area is 93.9 Å². The Hall–Kier alpha value is -2.34. The molecule has 2 aromatic rings. The molecule has 16 heavy (non-hydrogen) atoms. The zero-order valence-corrected chi connectivity index (χ0v) is 8.63. The minimum absolute atomic E-state index is 0.384. The summed E-state index contributed by atoms with van der Waals surface area (Å²) < 4.78 is 5.52. The maximum atomic E-state index is 8.90. The molecule has 78 valence electrons. The Morgan fingerprint density at radius 1 is 1.19 bits per heavy atom. The van der Waals surface area contributed by atoms with Gasteiger partial charge < -0.3 is 4.74 Å². The highest BCUT2D eigenvalue weighted by atomic mass is 16.5. The largest absolute Gasteiger partial charge is 0.487 e. The van der Waals surface area contributed by atoms with Crippen LogP contribution in [0, 0.1) is 11.3 Å². The predicted molar refractivity (Wildman–Crippen MR) is 59.7 cm³/mol. The molecule has 0 amide bonds. The third-order valence-corrected chi connectivity index (χ3v) is 2.17. The molecule has 0 spiro atoms. The number of nitriles is 1. The molecule has 0 aliphatic carbocycles. The molecular weight excluding hydrogens is 200 g/mol. The second-order valence-corrected chi connectivity index (χ2v) is 3.25. The summed E-state index contributed by atoms with van der Waals surface area (Å²) in [5.74, 6) is 0.704. The van der Waals surface area contributed by atoms with E-state index in [4.69, 9.17) is 10.00 Å². The minimum atomic E-state index is 0.384. The van der Waals surface area contributed by atoms with Crippen LogP contribution in [-0.4, -0.2) is 4.98 Å². The van der Waals surface area contributed by atoms with E-state index in [-0.39, 0.29) is 0 Å². The van der Waals surface area contributed by atoms with E-state index in [0.29, 0.717) is 17.9 Å². The quantitative estimate of drug-likeness (QED) is 0.782. The Morgan fingerprint density at radius 2 is 2.06 bits per heavy atom. The molecule has 0 saturated heterocycles. The Bertz CT molecular complexity index is 503. The zero-order valence-electron chi connectivity index (χ0n) is 8.63. The van der Waals surface area contributed by atoms with E-state index in [1.54, 1.807) is 18.5 Å². The molecule has 0 N–H and O–H groups in total. The summed E-state index contributed by atoms with van der Waals surface area (Å²) in [6, 6.07) is 13.2. The Balaban J connectivity index is 2.09. The maximum absolute atomic E-state index is 8.90. The molecule has 2 rings (SSSR count). The van der Waals surface area contributed by atoms with Crippen LogP contribution < -0.4 is 4.74 Å². The lowest BCUT2D eigenvalue weighted by Crippen LogP contribution is -1.98. The van der Waals surface area contributed by atoms with Crippen LogP contribution in [0.15, 0.2) is 48.8 Å². The summed E-state index contributed by atoms with van der Waals surface area (Å²) in [6.07, 6.45) is 3.34. The van der Waals surface area contributed by atoms with Gasteiger partial charge in [-0.05, 0) is 18.2 Å². The number of hydrogen-bond acceptors (Lipinski definition) is 3. The van der Waals surface area contributed by atoms with E-state index >= 15 is 0 Å². The first-order valence-electron chi connectivity index (χ1n) is 4.91. The van der Waals surface area contributed by atoms with Crippen molar-refractivity contribution in [2.75, 3.05) is 0 Å². The Morgan fingerprint density at radius 3 is 2.81 bits per heavy atom. The molecule has 0 saturated carbocycles. The van der Waals surface area contributed by atoms with Gasteiger partial charge in [-0.15, -0.1) is 0 Å². The van der Waals surface area contributed by atoms with Crippen LogP contribution in [-0.2, 0) is 6.61 Å². The first-order valence-corrected chi connectivity index (χ1v) is 4.91. The third-order valence-electron chi connectivity index (χ3n) is 2.17. The number of nitrogens with zero attached hydrogens (tertiary/aromatic N) is 2. The molecule has 0 radical (unpaired) electrons. The molecule has 1 aromatic heterocycles. The number of benzene rings is 1. The Kier molecular flexibility index (Phi) is 3.15. The van der Waals surface area contributed by atoms with Crippen LogP contribution in [0.5, 0.6) is 5.75 Å². The predicted octanol–water partition coefficient (Wildman–Crippen LogP) is 2.53. The van der Waals surface area contributed by atoms with Crippen molar-refractivity contribution in [1.82, 2.24) is 4.98 Å². The van der Waals surface area contributed by atoms with Crippen molar-refractivity contribution in [3.05, 3.63) is 59.9 Å². The molecule has 0 unspecified atom stereocenters. The highest BCUT2D eigenvalue weighted by Crippen LogP contribution is 2.12. The van der Waals surface area contributed by atoms with Crippen molar-refractivity contribution in [2.24, 2.45) is 0 Å². The summed E-state index contributed by atoms with van der Waals surface area (Å²) in [6.45, 7) is 0.384. The van der Waals surface area contributed by atoms with Crippen LogP contribution >= 0.6 is 0 Å². The van der Waals surface area contributed by atoms with Crippen molar-refractivity contribution >= 4 is 0 Å². The van der Waals surface area contributed by atoms with Crippen LogP contribution in [0.4, 0.5) is 0 Å². The van der Waals surface area contributed by atoms with E-state index in [9.17, 15) is 0 Å². The first-order chi connectivity index (χ1) is 7.90. The van der Waals surface area contributed by atoms with Gasteiger partial charge in [0, 0.05) is 11.8 Å². The maximum Gasteiger partial charge on any atom is 0.138 e. The first kappa shape index (κ1) is 10.2. The van der Waals surface area contributed by atoms with E-state index in [0.717, 1.165) is 5.56 Å². The summed E-state index contributed by atoms with van der Waals surface area (Å²) >= 11 is 0. The van der Waals surface area contributed by atoms with Crippen molar-refractivity contribution in [2.45, 2.75) is 6.61 Å². The molecule has 0 fully saturated rings. The molecule has 1 aromatic carbocycles. The van der Waals surface area contributed by atoms with Gasteiger partial charge in [-0.2, -0.15) is 5.26 Å². The second kappa shape index (κ2) is 4.94. The molecule has 3 heteroatoms. The average molecular weight is 210 g/mol. The lowest BCUT2D eigenvalue weighted by Gasteiger charge is -2.06. The van der Waals surface area contributed by atoms with Gasteiger partial charge in [0.25, 0.3) is 0 Å². The SMILES string of the molecule is N#Cc1ccccc1COc1cccnc1. The van der Waals surface area contributed by atoms with Gasteiger partial charge in [0.1, 0.15) is 12.4 Å². The van der Waals surface area contributed by atoms with Gasteiger partial charge in [0.2, 0.25) is 0 Å². The number of rotatable bonds is 3. The molecule has 3 nitrogen and oxygen atoms in total. The summed E-state index contributed by atoms with van der Waals surface area (Å²) in [5.41, 5.74) is 1.53. The van der Waals surface area contributed by atoms with Gasteiger partial charge in [0.05, 0.1) is 17.8 Å². The normalized spacial score (nSPS) is 9.44. The van der Waals surface area contributed by atoms with E-state index in [2.05, 4.69) is 11.1 Å². The monoisotopic (exact) mass is 210 g/mol. The fraction of sp³-hybridized carbons (Fsp3) is 0.0769. The standard InChI is InChI=1S/C13H10N2O/c14-8-11-4-1-2-5-12(11)10-16-13-6-3-7-15-9-13/h1-7,9H,10H2. The molecule has 0 aliphatic heterocycles. The topological polar surface area (TPSA) is 45.9 Å². The molecule has 1 heterocycles. The molecular formula is C13H10N2O. The number of ether oxygens (including phenoxy) is 1. The number of pyridine rings is 1. The van der Waals surface area contributed by atoms with Crippen LogP contribution in [0.1, 0.15) is 11.1 Å². The summed E-state index contributed by atoms with van der Waals surface area (Å²) in [7, 11) is 0. The van der Waals surface area contributed by atoms with E-state index < -0.39 is 0 Å². The molecule has 0 aliphatic rings. The van der Waals surface area contributed by atoms with Crippen LogP contribution in [0.25, 0.3) is 0 Å². The summed E-state index contributed by atoms with van der Waals surface area (Å²) in [5, 5.41) is 8.90. The molecule has 0 bridgehead atoms. The number of aromatic nitrogens is 1. The fourth-order valence-electron chi connectivity index (χ4n) is 1.35. The highest BCUT2D eigenvalue weighted by Gasteiger charge is 2.01. The zero-order chi connectivity index (χ0) is 11.2. The van der Waals surface area contributed by atoms with Gasteiger partial charge in [-0.3, -0.25) is 4.98 Å². The van der Waals surface area contributed by atoms with Crippen molar-refractivity contribution in [3.8, 4) is 11.8 Å². The number of hydrogen-bond donors (Lipinski definition) is 0. The van der Waals surface area contributed by atoms with E-state index in [1.807, 2.05) is 30.3 Å². The highest BCUT2D eigenvalue weighted by molar-refractivity contribution is 5.37. The van der Waals surface area contributed by atoms with Gasteiger partial charge in [-0.1, -0.05) is 18.2 Å². The lowest BCUT2D eigenvalue weighted by atomic mass is 10.1. The van der Waals surface area contributed by atoms with Gasteiger partial charge >= 0.3 is 0 Å². The van der Waals surface area contributed by atoms with Crippen LogP contribution in [0.2, 0.25) is 0 Å². The van der Waals surface area contributed by atoms with Gasteiger partial charge in [0.15, 0.2) is 0 Å². The third kappa shape index (κ3) is 2.37. The van der Waals surface area contributed by atoms with Gasteiger partial charge in [-0.25, -0.2) is 0 Å². The minimum Gasteiger partial charge on any atom is -0.487 e. The van der Waals surface area contributed by atoms with Crippen molar-refractivity contribution in [3.63, 3.8) is 0 Å². The average Bonchev–Trinajstić information content (AvgIpc) is 2.38. The smallest absolute Gasteiger partial charge is 0.138 e. The van der Waals surface area contributed by atoms with Crippen LogP contribution in [0.3, 0.4) is 0 Å².